The molecule has 4 nitrogen and oxygen atoms in total. The third-order valence-electron chi connectivity index (χ3n) is 3.75. The molecule has 20 heavy (non-hydrogen) atoms. The van der Waals surface area contributed by atoms with Crippen LogP contribution in [0.25, 0.3) is 0 Å². The monoisotopic (exact) mass is 269 g/mol. The molecule has 0 spiro atoms. The maximum Gasteiger partial charge on any atom is 0.133 e. The number of nitrogens with zero attached hydrogens (tertiary/aromatic N) is 2. The largest absolute Gasteiger partial charge is 0.306 e. The van der Waals surface area contributed by atoms with Crippen molar-refractivity contribution in [2.75, 3.05) is 31.2 Å². The van der Waals surface area contributed by atoms with Crippen molar-refractivity contribution in [3.05, 3.63) is 60.7 Å². The molecule has 0 unspecified atom stereocenters. The SMILES string of the molecule is N[N+]1(N(c2ccccc2)c2ccccc2)CCNCC1. The molecule has 1 aliphatic rings. The molecular formula is C16H21N4+. The van der Waals surface area contributed by atoms with E-state index in [2.05, 4.69) is 58.9 Å². The van der Waals surface area contributed by atoms with Crippen LogP contribution in [0.2, 0.25) is 0 Å². The summed E-state index contributed by atoms with van der Waals surface area (Å²) in [6.07, 6.45) is 0. The van der Waals surface area contributed by atoms with Crippen LogP contribution in [0.4, 0.5) is 11.4 Å². The highest BCUT2D eigenvalue weighted by Gasteiger charge is 2.35. The maximum absolute atomic E-state index is 6.69. The highest BCUT2D eigenvalue weighted by molar-refractivity contribution is 5.59. The van der Waals surface area contributed by atoms with Gasteiger partial charge in [0.05, 0.1) is 11.4 Å². The smallest absolute Gasteiger partial charge is 0.133 e. The minimum Gasteiger partial charge on any atom is -0.306 e. The molecular weight excluding hydrogens is 248 g/mol. The fourth-order valence-corrected chi connectivity index (χ4v) is 2.73. The Morgan fingerprint density at radius 1 is 0.800 bits per heavy atom. The molecule has 4 heteroatoms. The highest BCUT2D eigenvalue weighted by Crippen LogP contribution is 2.29. The van der Waals surface area contributed by atoms with Gasteiger partial charge in [-0.3, -0.25) is 0 Å². The molecule has 0 aliphatic carbocycles. The summed E-state index contributed by atoms with van der Waals surface area (Å²) in [6.45, 7) is 3.63. The van der Waals surface area contributed by atoms with E-state index in [0.29, 0.717) is 4.70 Å². The number of para-hydroxylation sites is 2. The fraction of sp³-hybridized carbons (Fsp3) is 0.250. The summed E-state index contributed by atoms with van der Waals surface area (Å²) >= 11 is 0. The Hall–Kier alpha value is -1.88. The summed E-state index contributed by atoms with van der Waals surface area (Å²) in [6, 6.07) is 20.7. The van der Waals surface area contributed by atoms with Crippen LogP contribution in [0.5, 0.6) is 0 Å². The molecule has 3 rings (SSSR count). The first kappa shape index (κ1) is 13.1. The van der Waals surface area contributed by atoms with Crippen LogP contribution < -0.4 is 16.2 Å². The summed E-state index contributed by atoms with van der Waals surface area (Å²) in [4.78, 5) is 0. The molecule has 0 radical (unpaired) electrons. The second-order valence-corrected chi connectivity index (χ2v) is 5.17. The van der Waals surface area contributed by atoms with Crippen LogP contribution in [0.15, 0.2) is 60.7 Å². The Morgan fingerprint density at radius 3 is 1.70 bits per heavy atom. The van der Waals surface area contributed by atoms with Crippen LogP contribution in [0.3, 0.4) is 0 Å². The number of quaternary nitrogens is 1. The lowest BCUT2D eigenvalue weighted by molar-refractivity contribution is -0.944. The van der Waals surface area contributed by atoms with Gasteiger partial charge >= 0.3 is 0 Å². The Morgan fingerprint density at radius 2 is 1.25 bits per heavy atom. The van der Waals surface area contributed by atoms with Gasteiger partial charge in [-0.15, -0.1) is 4.70 Å². The molecule has 0 bridgehead atoms. The molecule has 1 saturated heterocycles. The number of piperazine rings is 1. The molecule has 3 N–H and O–H groups in total. The lowest BCUT2D eigenvalue weighted by atomic mass is 10.2. The van der Waals surface area contributed by atoms with E-state index in [0.717, 1.165) is 37.6 Å². The number of anilines is 2. The molecule has 1 heterocycles. The molecule has 0 amide bonds. The van der Waals surface area contributed by atoms with E-state index in [9.17, 15) is 0 Å². The van der Waals surface area contributed by atoms with Crippen molar-refractivity contribution in [2.45, 2.75) is 0 Å². The number of benzene rings is 2. The topological polar surface area (TPSA) is 41.3 Å². The van der Waals surface area contributed by atoms with Gasteiger partial charge in [-0.1, -0.05) is 36.4 Å². The predicted octanol–water partition coefficient (Wildman–Crippen LogP) is 2.03. The van der Waals surface area contributed by atoms with Crippen molar-refractivity contribution in [1.82, 2.24) is 5.32 Å². The van der Waals surface area contributed by atoms with Crippen LogP contribution in [0.1, 0.15) is 0 Å². The van der Waals surface area contributed by atoms with Gasteiger partial charge in [0.2, 0.25) is 0 Å². The molecule has 0 saturated carbocycles. The van der Waals surface area contributed by atoms with Gasteiger partial charge in [0.1, 0.15) is 13.1 Å². The van der Waals surface area contributed by atoms with Crippen molar-refractivity contribution in [3.8, 4) is 0 Å². The first-order valence-electron chi connectivity index (χ1n) is 7.07. The first-order valence-corrected chi connectivity index (χ1v) is 7.07. The Kier molecular flexibility index (Phi) is 3.69. The van der Waals surface area contributed by atoms with E-state index < -0.39 is 0 Å². The quantitative estimate of drug-likeness (QED) is 0.662. The summed E-state index contributed by atoms with van der Waals surface area (Å²) in [7, 11) is 0. The molecule has 1 fully saturated rings. The van der Waals surface area contributed by atoms with E-state index in [1.807, 2.05) is 12.1 Å². The van der Waals surface area contributed by atoms with Crippen LogP contribution in [0, 0.1) is 0 Å². The van der Waals surface area contributed by atoms with Crippen molar-refractivity contribution in [3.63, 3.8) is 0 Å². The first-order chi connectivity index (χ1) is 9.80. The second-order valence-electron chi connectivity index (χ2n) is 5.17. The predicted molar refractivity (Wildman–Crippen MR) is 82.1 cm³/mol. The minimum atomic E-state index is 0.418. The summed E-state index contributed by atoms with van der Waals surface area (Å²) in [5, 5.41) is 5.60. The van der Waals surface area contributed by atoms with E-state index >= 15 is 0 Å². The molecule has 2 aromatic rings. The fourth-order valence-electron chi connectivity index (χ4n) is 2.73. The second kappa shape index (κ2) is 5.63. The van der Waals surface area contributed by atoms with Gasteiger partial charge in [-0.2, -0.15) is 10.9 Å². The number of hydrogen-bond acceptors (Lipinski definition) is 3. The van der Waals surface area contributed by atoms with E-state index in [1.165, 1.54) is 0 Å². The van der Waals surface area contributed by atoms with Crippen molar-refractivity contribution in [1.29, 1.82) is 0 Å². The normalized spacial score (nSPS) is 17.6. The van der Waals surface area contributed by atoms with Gasteiger partial charge in [0, 0.05) is 13.1 Å². The molecule has 104 valence electrons. The summed E-state index contributed by atoms with van der Waals surface area (Å²) in [5.74, 6) is 6.69. The van der Waals surface area contributed by atoms with Crippen molar-refractivity contribution in [2.24, 2.45) is 5.84 Å². The molecule has 0 atom stereocenters. The summed E-state index contributed by atoms with van der Waals surface area (Å²) < 4.78 is 0.418. The Bertz CT molecular complexity index is 495. The van der Waals surface area contributed by atoms with E-state index in [-0.39, 0.29) is 0 Å². The van der Waals surface area contributed by atoms with Gasteiger partial charge in [0.25, 0.3) is 0 Å². The van der Waals surface area contributed by atoms with E-state index in [1.54, 1.807) is 0 Å². The molecule has 1 aliphatic heterocycles. The third-order valence-corrected chi connectivity index (χ3v) is 3.75. The van der Waals surface area contributed by atoms with Crippen LogP contribution in [-0.4, -0.2) is 30.9 Å². The number of rotatable bonds is 3. The number of hydrogen-bond donors (Lipinski definition) is 2. The average molecular weight is 269 g/mol. The number of nitrogens with two attached hydrogens (primary N) is 1. The molecule has 0 aromatic heterocycles. The summed E-state index contributed by atoms with van der Waals surface area (Å²) in [5.41, 5.74) is 2.26. The lowest BCUT2D eigenvalue weighted by Crippen LogP contribution is -2.70. The third kappa shape index (κ3) is 2.54. The van der Waals surface area contributed by atoms with E-state index in [4.69, 9.17) is 5.84 Å². The highest BCUT2D eigenvalue weighted by atomic mass is 15.9. The zero-order chi connectivity index (χ0) is 13.8. The van der Waals surface area contributed by atoms with Crippen molar-refractivity contribution >= 4 is 11.4 Å². The zero-order valence-corrected chi connectivity index (χ0v) is 11.6. The molecule has 2 aromatic carbocycles. The standard InChI is InChI=1S/C16H21N4/c17-20(13-11-18-12-14-20)19(15-7-3-1-4-8-15)16-9-5-2-6-10-16/h1-10,18H,11-14,17H2/q+1. The maximum atomic E-state index is 6.69. The van der Waals surface area contributed by atoms with Gasteiger partial charge < -0.3 is 5.32 Å². The van der Waals surface area contributed by atoms with Crippen LogP contribution in [-0.2, 0) is 0 Å². The Balaban J connectivity index is 2.04. The zero-order valence-electron chi connectivity index (χ0n) is 11.6. The minimum absolute atomic E-state index is 0.418. The Labute approximate surface area is 120 Å². The van der Waals surface area contributed by atoms with Gasteiger partial charge in [-0.05, 0) is 24.3 Å². The van der Waals surface area contributed by atoms with Gasteiger partial charge in [0.15, 0.2) is 0 Å². The average Bonchev–Trinajstić information content (AvgIpc) is 2.50. The van der Waals surface area contributed by atoms with Crippen LogP contribution >= 0.6 is 0 Å². The lowest BCUT2D eigenvalue weighted by Gasteiger charge is -2.44. The van der Waals surface area contributed by atoms with Crippen molar-refractivity contribution < 1.29 is 4.70 Å². The number of nitrogens with one attached hydrogen (secondary N) is 1. The van der Waals surface area contributed by atoms with Gasteiger partial charge in [-0.25, -0.2) is 0 Å².